The molecule has 1 aromatic carbocycles. The number of hydrogen-bond acceptors (Lipinski definition) is 7. The van der Waals surface area contributed by atoms with Crippen molar-refractivity contribution >= 4 is 11.9 Å². The van der Waals surface area contributed by atoms with Gasteiger partial charge in [-0.15, -0.1) is 0 Å². The summed E-state index contributed by atoms with van der Waals surface area (Å²) in [5.41, 5.74) is -0.847. The molecule has 0 saturated heterocycles. The maximum atomic E-state index is 12.4. The smallest absolute Gasteiger partial charge is 0.316 e. The van der Waals surface area contributed by atoms with E-state index in [0.29, 0.717) is 17.3 Å². The fourth-order valence-electron chi connectivity index (χ4n) is 3.00. The van der Waals surface area contributed by atoms with Gasteiger partial charge in [-0.3, -0.25) is 4.79 Å². The van der Waals surface area contributed by atoms with Crippen LogP contribution in [0.3, 0.4) is 0 Å². The van der Waals surface area contributed by atoms with E-state index in [1.165, 1.54) is 20.4 Å². The molecule has 1 aromatic heterocycles. The van der Waals surface area contributed by atoms with Gasteiger partial charge in [0.15, 0.2) is 5.72 Å². The number of esters is 1. The van der Waals surface area contributed by atoms with Crippen molar-refractivity contribution in [3.63, 3.8) is 0 Å². The van der Waals surface area contributed by atoms with E-state index < -0.39 is 23.7 Å². The second kappa shape index (κ2) is 5.54. The lowest BCUT2D eigenvalue weighted by Gasteiger charge is -2.41. The summed E-state index contributed by atoms with van der Waals surface area (Å²) in [5, 5.41) is 17.8. The first-order valence-corrected chi connectivity index (χ1v) is 7.10. The molecule has 2 aromatic rings. The highest BCUT2D eigenvalue weighted by Gasteiger charge is 2.51. The molecule has 2 N–H and O–H groups in total. The van der Waals surface area contributed by atoms with Gasteiger partial charge in [0.05, 0.1) is 14.2 Å². The minimum atomic E-state index is -1.55. The predicted octanol–water partition coefficient (Wildman–Crippen LogP) is 0.799. The van der Waals surface area contributed by atoms with Gasteiger partial charge in [-0.1, -0.05) is 18.2 Å². The Bertz CT molecular complexity index is 728. The fourth-order valence-corrected chi connectivity index (χ4v) is 3.00. The van der Waals surface area contributed by atoms with Gasteiger partial charge >= 0.3 is 5.97 Å². The van der Waals surface area contributed by atoms with Crippen molar-refractivity contribution in [3.8, 4) is 5.75 Å². The summed E-state index contributed by atoms with van der Waals surface area (Å²) in [6, 6.07) is 6.66. The first-order chi connectivity index (χ1) is 11.0. The number of anilines is 1. The van der Waals surface area contributed by atoms with Gasteiger partial charge in [-0.2, -0.15) is 10.1 Å². The van der Waals surface area contributed by atoms with Crippen molar-refractivity contribution in [2.45, 2.75) is 18.7 Å². The Balaban J connectivity index is 2.22. The monoisotopic (exact) mass is 318 g/mol. The summed E-state index contributed by atoms with van der Waals surface area (Å²) in [7, 11) is 2.84. The van der Waals surface area contributed by atoms with Crippen LogP contribution >= 0.6 is 0 Å². The molecular weight excluding hydrogens is 300 g/mol. The van der Waals surface area contributed by atoms with Crippen LogP contribution < -0.4 is 10.1 Å². The molecule has 0 saturated carbocycles. The van der Waals surface area contributed by atoms with E-state index in [1.807, 2.05) is 18.2 Å². The molecule has 8 heteroatoms. The van der Waals surface area contributed by atoms with Crippen molar-refractivity contribution in [2.24, 2.45) is 5.92 Å². The zero-order valence-electron chi connectivity index (χ0n) is 13.1. The highest BCUT2D eigenvalue weighted by molar-refractivity contribution is 5.76. The number of nitrogens with one attached hydrogen (secondary N) is 1. The number of aromatic nitrogens is 3. The van der Waals surface area contributed by atoms with Crippen LogP contribution in [0, 0.1) is 5.92 Å². The van der Waals surface area contributed by atoms with Crippen LogP contribution in [-0.2, 0) is 9.53 Å². The average molecular weight is 318 g/mol. The second-order valence-electron chi connectivity index (χ2n) is 5.49. The number of benzene rings is 1. The lowest BCUT2D eigenvalue weighted by Crippen LogP contribution is -2.55. The minimum Gasteiger partial charge on any atom is -0.496 e. The third kappa shape index (κ3) is 2.40. The van der Waals surface area contributed by atoms with E-state index in [2.05, 4.69) is 15.4 Å². The number of ether oxygens (including phenoxy) is 2. The van der Waals surface area contributed by atoms with E-state index in [-0.39, 0.29) is 0 Å². The SMILES string of the molecule is COC(=O)C1C(c2ccccc2OC)n2ncnc2NC1(C)O. The summed E-state index contributed by atoms with van der Waals surface area (Å²) in [6.45, 7) is 1.51. The number of nitrogens with zero attached hydrogens (tertiary/aromatic N) is 3. The largest absolute Gasteiger partial charge is 0.496 e. The third-order valence-corrected chi connectivity index (χ3v) is 4.04. The average Bonchev–Trinajstić information content (AvgIpc) is 2.99. The molecule has 2 heterocycles. The Labute approximate surface area is 133 Å². The van der Waals surface area contributed by atoms with E-state index in [1.54, 1.807) is 17.9 Å². The Morgan fingerprint density at radius 1 is 1.39 bits per heavy atom. The van der Waals surface area contributed by atoms with Gasteiger partial charge in [0, 0.05) is 5.56 Å². The van der Waals surface area contributed by atoms with Crippen molar-refractivity contribution < 1.29 is 19.4 Å². The number of methoxy groups -OCH3 is 2. The van der Waals surface area contributed by atoms with Gasteiger partial charge < -0.3 is 19.9 Å². The van der Waals surface area contributed by atoms with Gasteiger partial charge in [0.2, 0.25) is 5.95 Å². The molecule has 3 rings (SSSR count). The number of hydrogen-bond donors (Lipinski definition) is 2. The van der Waals surface area contributed by atoms with Crippen LogP contribution in [0.2, 0.25) is 0 Å². The van der Waals surface area contributed by atoms with Crippen molar-refractivity contribution in [1.82, 2.24) is 14.8 Å². The number of rotatable bonds is 3. The van der Waals surface area contributed by atoms with Crippen LogP contribution in [0.15, 0.2) is 30.6 Å². The standard InChI is InChI=1S/C15H18N4O4/c1-15(21)11(13(20)23-3)12(19-14(18-15)16-8-17-19)9-6-4-5-7-10(9)22-2/h4-8,11-12,21H,1-3H3,(H,16,17,18). The van der Waals surface area contributed by atoms with E-state index in [0.717, 1.165) is 0 Å². The van der Waals surface area contributed by atoms with Crippen molar-refractivity contribution in [2.75, 3.05) is 19.5 Å². The molecule has 3 atom stereocenters. The maximum absolute atomic E-state index is 12.4. The Hall–Kier alpha value is -2.61. The lowest BCUT2D eigenvalue weighted by molar-refractivity contribution is -0.156. The first kappa shape index (κ1) is 15.3. The third-order valence-electron chi connectivity index (χ3n) is 4.04. The second-order valence-corrected chi connectivity index (χ2v) is 5.49. The lowest BCUT2D eigenvalue weighted by atomic mass is 9.83. The Kier molecular flexibility index (Phi) is 3.69. The summed E-state index contributed by atoms with van der Waals surface area (Å²) < 4.78 is 11.9. The van der Waals surface area contributed by atoms with Crippen LogP contribution in [0.1, 0.15) is 18.5 Å². The summed E-state index contributed by atoms with van der Waals surface area (Å²) in [5.74, 6) is -0.533. The van der Waals surface area contributed by atoms with Gasteiger partial charge in [-0.25, -0.2) is 4.68 Å². The molecule has 1 aliphatic heterocycles. The first-order valence-electron chi connectivity index (χ1n) is 7.10. The normalized spacial score (nSPS) is 26.1. The molecule has 122 valence electrons. The van der Waals surface area contributed by atoms with E-state index in [9.17, 15) is 9.90 Å². The number of para-hydroxylation sites is 1. The highest BCUT2D eigenvalue weighted by Crippen LogP contribution is 2.43. The van der Waals surface area contributed by atoms with Crippen LogP contribution in [-0.4, -0.2) is 45.8 Å². The molecule has 0 radical (unpaired) electrons. The van der Waals surface area contributed by atoms with Gasteiger partial charge in [0.25, 0.3) is 0 Å². The van der Waals surface area contributed by atoms with Crippen LogP contribution in [0.25, 0.3) is 0 Å². The molecular formula is C15H18N4O4. The van der Waals surface area contributed by atoms with Gasteiger partial charge in [0.1, 0.15) is 24.0 Å². The zero-order chi connectivity index (χ0) is 16.6. The predicted molar refractivity (Wildman–Crippen MR) is 80.9 cm³/mol. The number of aliphatic hydroxyl groups is 1. The van der Waals surface area contributed by atoms with Crippen molar-refractivity contribution in [1.29, 1.82) is 0 Å². The minimum absolute atomic E-state index is 0.367. The van der Waals surface area contributed by atoms with Crippen LogP contribution in [0.5, 0.6) is 5.75 Å². The Morgan fingerprint density at radius 2 is 2.13 bits per heavy atom. The van der Waals surface area contributed by atoms with Crippen LogP contribution in [0.4, 0.5) is 5.95 Å². The maximum Gasteiger partial charge on any atom is 0.316 e. The fraction of sp³-hybridized carbons (Fsp3) is 0.400. The quantitative estimate of drug-likeness (QED) is 0.808. The van der Waals surface area contributed by atoms with E-state index in [4.69, 9.17) is 9.47 Å². The van der Waals surface area contributed by atoms with E-state index >= 15 is 0 Å². The highest BCUT2D eigenvalue weighted by atomic mass is 16.5. The molecule has 1 aliphatic rings. The molecule has 0 amide bonds. The summed E-state index contributed by atoms with van der Waals surface area (Å²) in [6.07, 6.45) is 1.36. The summed E-state index contributed by atoms with van der Waals surface area (Å²) in [4.78, 5) is 16.5. The number of carbonyl (C=O) groups excluding carboxylic acids is 1. The molecule has 0 spiro atoms. The van der Waals surface area contributed by atoms with Gasteiger partial charge in [-0.05, 0) is 13.0 Å². The number of carbonyl (C=O) groups is 1. The molecule has 3 unspecified atom stereocenters. The molecule has 23 heavy (non-hydrogen) atoms. The Morgan fingerprint density at radius 3 is 2.83 bits per heavy atom. The molecule has 8 nitrogen and oxygen atoms in total. The van der Waals surface area contributed by atoms with Crippen molar-refractivity contribution in [3.05, 3.63) is 36.2 Å². The topological polar surface area (TPSA) is 98.5 Å². The molecule has 0 aliphatic carbocycles. The number of fused-ring (bicyclic) bond motifs is 1. The summed E-state index contributed by atoms with van der Waals surface area (Å²) >= 11 is 0. The zero-order valence-corrected chi connectivity index (χ0v) is 13.1. The molecule has 0 fully saturated rings. The molecule has 0 bridgehead atoms.